The van der Waals surface area contributed by atoms with Crippen molar-refractivity contribution in [2.24, 2.45) is 23.7 Å². The quantitative estimate of drug-likeness (QED) is 0.225. The van der Waals surface area contributed by atoms with E-state index in [1.165, 1.54) is 38.5 Å². The van der Waals surface area contributed by atoms with Gasteiger partial charge in [-0.25, -0.2) is 8.78 Å². The standard InChI is InChI=1S/C30H33F7O2/c1-2-3-18-4-6-19(7-5-18)20-8-11-22(12-9-20)30(36,37)39-23-13-14-24(25(31)17-23)21-10-15-27(26(32)16-21)38-29(35)28(33)34/h10,13-20,22H,2-9,11-12H2,1H3. The minimum atomic E-state index is -3.47. The van der Waals surface area contributed by atoms with Crippen molar-refractivity contribution in [1.29, 1.82) is 0 Å². The van der Waals surface area contributed by atoms with Crippen LogP contribution in [0.25, 0.3) is 11.1 Å². The Morgan fingerprint density at radius 2 is 1.46 bits per heavy atom. The molecule has 2 saturated carbocycles. The van der Waals surface area contributed by atoms with Gasteiger partial charge in [-0.05, 0) is 86.1 Å². The molecule has 0 saturated heterocycles. The smallest absolute Gasteiger partial charge is 0.400 e. The third-order valence-electron chi connectivity index (χ3n) is 8.29. The summed E-state index contributed by atoms with van der Waals surface area (Å²) in [4.78, 5) is 0. The van der Waals surface area contributed by atoms with E-state index < -0.39 is 41.5 Å². The molecule has 0 unspecified atom stereocenters. The van der Waals surface area contributed by atoms with Crippen LogP contribution in [0.5, 0.6) is 11.5 Å². The van der Waals surface area contributed by atoms with Crippen LogP contribution in [0.4, 0.5) is 30.7 Å². The molecular weight excluding hydrogens is 525 g/mol. The van der Waals surface area contributed by atoms with E-state index in [-0.39, 0.29) is 16.9 Å². The van der Waals surface area contributed by atoms with Crippen LogP contribution in [0.3, 0.4) is 0 Å². The first kappa shape index (κ1) is 29.3. The van der Waals surface area contributed by atoms with Gasteiger partial charge in [-0.3, -0.25) is 0 Å². The lowest BCUT2D eigenvalue weighted by atomic mass is 9.68. The molecule has 2 aromatic carbocycles. The van der Waals surface area contributed by atoms with Gasteiger partial charge in [0.05, 0.1) is 5.92 Å². The van der Waals surface area contributed by atoms with Gasteiger partial charge in [0, 0.05) is 11.6 Å². The second-order valence-corrected chi connectivity index (χ2v) is 10.8. The van der Waals surface area contributed by atoms with Gasteiger partial charge < -0.3 is 9.47 Å². The predicted octanol–water partition coefficient (Wildman–Crippen LogP) is 10.4. The van der Waals surface area contributed by atoms with Crippen LogP contribution in [-0.4, -0.2) is 6.11 Å². The highest BCUT2D eigenvalue weighted by molar-refractivity contribution is 5.66. The fourth-order valence-corrected chi connectivity index (χ4v) is 6.20. The molecule has 0 spiro atoms. The Hall–Kier alpha value is -2.71. The fourth-order valence-electron chi connectivity index (χ4n) is 6.20. The summed E-state index contributed by atoms with van der Waals surface area (Å²) in [7, 11) is 0. The van der Waals surface area contributed by atoms with Crippen molar-refractivity contribution in [3.8, 4) is 22.6 Å². The largest absolute Gasteiger partial charge is 0.432 e. The molecule has 0 atom stereocenters. The first-order chi connectivity index (χ1) is 18.6. The van der Waals surface area contributed by atoms with Gasteiger partial charge in [0.1, 0.15) is 11.6 Å². The Morgan fingerprint density at radius 3 is 2.03 bits per heavy atom. The molecule has 0 radical (unpaired) electrons. The van der Waals surface area contributed by atoms with Crippen molar-refractivity contribution in [2.45, 2.75) is 77.2 Å². The van der Waals surface area contributed by atoms with E-state index in [1.807, 2.05) is 0 Å². The third kappa shape index (κ3) is 7.28. The normalized spacial score (nSPS) is 23.8. The van der Waals surface area contributed by atoms with Crippen molar-refractivity contribution >= 4 is 0 Å². The zero-order valence-corrected chi connectivity index (χ0v) is 21.8. The molecule has 4 rings (SSSR count). The van der Waals surface area contributed by atoms with Crippen molar-refractivity contribution in [3.63, 3.8) is 0 Å². The number of rotatable bonds is 9. The predicted molar refractivity (Wildman–Crippen MR) is 134 cm³/mol. The lowest BCUT2D eigenvalue weighted by Crippen LogP contribution is -2.38. The lowest BCUT2D eigenvalue weighted by molar-refractivity contribution is -0.224. The van der Waals surface area contributed by atoms with Gasteiger partial charge in [-0.15, -0.1) is 0 Å². The first-order valence-corrected chi connectivity index (χ1v) is 13.6. The topological polar surface area (TPSA) is 18.5 Å². The number of benzene rings is 2. The molecular formula is C30H33F7O2. The van der Waals surface area contributed by atoms with Gasteiger partial charge in [0.15, 0.2) is 11.6 Å². The molecule has 0 N–H and O–H groups in total. The van der Waals surface area contributed by atoms with Crippen molar-refractivity contribution in [2.75, 3.05) is 0 Å². The van der Waals surface area contributed by atoms with Gasteiger partial charge in [0.2, 0.25) is 0 Å². The van der Waals surface area contributed by atoms with Crippen LogP contribution >= 0.6 is 0 Å². The number of alkyl halides is 2. The monoisotopic (exact) mass is 558 g/mol. The molecule has 9 heteroatoms. The van der Waals surface area contributed by atoms with Gasteiger partial charge in [-0.1, -0.05) is 38.7 Å². The summed E-state index contributed by atoms with van der Waals surface area (Å²) in [6.07, 6.45) is 3.27. The molecule has 2 nitrogen and oxygen atoms in total. The van der Waals surface area contributed by atoms with E-state index in [0.29, 0.717) is 24.7 Å². The molecule has 0 amide bonds. The summed E-state index contributed by atoms with van der Waals surface area (Å²) in [5.41, 5.74) is -0.166. The van der Waals surface area contributed by atoms with Crippen molar-refractivity contribution in [3.05, 3.63) is 60.1 Å². The second kappa shape index (κ2) is 12.6. The maximum atomic E-state index is 15.0. The highest BCUT2D eigenvalue weighted by Crippen LogP contribution is 2.46. The van der Waals surface area contributed by atoms with E-state index in [1.54, 1.807) is 0 Å². The van der Waals surface area contributed by atoms with Crippen molar-refractivity contribution in [1.82, 2.24) is 0 Å². The minimum Gasteiger partial charge on any atom is -0.432 e. The van der Waals surface area contributed by atoms with E-state index in [2.05, 4.69) is 11.7 Å². The Labute approximate surface area is 224 Å². The van der Waals surface area contributed by atoms with Gasteiger partial charge in [-0.2, -0.15) is 22.0 Å². The highest BCUT2D eigenvalue weighted by Gasteiger charge is 2.45. The van der Waals surface area contributed by atoms with E-state index >= 15 is 8.78 Å². The zero-order chi connectivity index (χ0) is 28.2. The Kier molecular flexibility index (Phi) is 9.49. The number of ether oxygens (including phenoxy) is 2. The Balaban J connectivity index is 1.35. The molecule has 0 bridgehead atoms. The van der Waals surface area contributed by atoms with E-state index in [0.717, 1.165) is 55.2 Å². The van der Waals surface area contributed by atoms with Crippen LogP contribution in [-0.2, 0) is 0 Å². The van der Waals surface area contributed by atoms with Crippen molar-refractivity contribution < 1.29 is 40.2 Å². The molecule has 0 aromatic heterocycles. The van der Waals surface area contributed by atoms with Crippen LogP contribution in [0, 0.1) is 35.3 Å². The van der Waals surface area contributed by atoms with Crippen LogP contribution in [0.1, 0.15) is 71.1 Å². The summed E-state index contributed by atoms with van der Waals surface area (Å²) >= 11 is 0. The van der Waals surface area contributed by atoms with Crippen LogP contribution in [0.2, 0.25) is 0 Å². The zero-order valence-electron chi connectivity index (χ0n) is 21.8. The van der Waals surface area contributed by atoms with E-state index in [4.69, 9.17) is 4.74 Å². The molecule has 2 aromatic rings. The molecule has 0 heterocycles. The highest BCUT2D eigenvalue weighted by atomic mass is 19.3. The molecule has 2 aliphatic carbocycles. The summed E-state index contributed by atoms with van der Waals surface area (Å²) in [6, 6.07) is 3.62. The summed E-state index contributed by atoms with van der Waals surface area (Å²) in [5.74, 6) is -2.40. The number of hydrogen-bond acceptors (Lipinski definition) is 2. The Bertz CT molecular complexity index is 1150. The van der Waals surface area contributed by atoms with Crippen LogP contribution < -0.4 is 9.47 Å². The number of hydrogen-bond donors (Lipinski definition) is 0. The third-order valence-corrected chi connectivity index (χ3v) is 8.29. The van der Waals surface area contributed by atoms with Gasteiger partial charge in [0.25, 0.3) is 0 Å². The summed E-state index contributed by atoms with van der Waals surface area (Å²) < 4.78 is 105. The lowest BCUT2D eigenvalue weighted by Gasteiger charge is -2.39. The van der Waals surface area contributed by atoms with E-state index in [9.17, 15) is 22.0 Å². The maximum Gasteiger partial charge on any atom is 0.400 e. The second-order valence-electron chi connectivity index (χ2n) is 10.8. The molecule has 214 valence electrons. The first-order valence-electron chi connectivity index (χ1n) is 13.6. The molecule has 2 aliphatic rings. The molecule has 39 heavy (non-hydrogen) atoms. The number of halogens is 7. The fraction of sp³-hybridized carbons (Fsp3) is 0.533. The average molecular weight is 559 g/mol. The summed E-state index contributed by atoms with van der Waals surface area (Å²) in [5, 5.41) is 0. The molecule has 0 aliphatic heterocycles. The SMILES string of the molecule is CCCC1CCC(C2CCC(C(F)(F)Oc3ccc(-c4ccc(OC(F)=C(F)F)c(F)c4)c(F)c3)CC2)CC1. The average Bonchev–Trinajstić information content (AvgIpc) is 2.90. The van der Waals surface area contributed by atoms with Crippen LogP contribution in [0.15, 0.2) is 48.5 Å². The van der Waals surface area contributed by atoms with Gasteiger partial charge >= 0.3 is 18.2 Å². The maximum absolute atomic E-state index is 15.0. The molecule has 2 fully saturated rings. The minimum absolute atomic E-state index is 0.0252. The Morgan fingerprint density at radius 1 is 0.821 bits per heavy atom. The summed E-state index contributed by atoms with van der Waals surface area (Å²) in [6.45, 7) is 2.21.